The molecular weight excluding hydrogens is 438 g/mol. The average Bonchev–Trinajstić information content (AvgIpc) is 3.17. The first-order valence-electron chi connectivity index (χ1n) is 11.6. The van der Waals surface area contributed by atoms with Crippen LogP contribution in [0, 0.1) is 0 Å². The molecule has 0 bridgehead atoms. The van der Waals surface area contributed by atoms with Gasteiger partial charge in [0.25, 0.3) is 5.56 Å². The maximum atomic E-state index is 11.7. The first-order chi connectivity index (χ1) is 16.8. The van der Waals surface area contributed by atoms with Crippen molar-refractivity contribution in [3.63, 3.8) is 0 Å². The Morgan fingerprint density at radius 1 is 0.857 bits per heavy atom. The van der Waals surface area contributed by atoms with E-state index in [-0.39, 0.29) is 11.2 Å². The van der Waals surface area contributed by atoms with Crippen LogP contribution in [0.25, 0.3) is 28.9 Å². The number of hydrogen-bond acceptors (Lipinski definition) is 4. The summed E-state index contributed by atoms with van der Waals surface area (Å²) >= 11 is 0. The minimum atomic E-state index is -0.360. The molecule has 7 heteroatoms. The zero-order valence-corrected chi connectivity index (χ0v) is 20.9. The van der Waals surface area contributed by atoms with E-state index in [1.165, 1.54) is 45.8 Å². The van der Waals surface area contributed by atoms with E-state index in [4.69, 9.17) is 0 Å². The number of aryl methyl sites for hydroxylation is 2. The highest BCUT2D eigenvalue weighted by atomic mass is 16.2. The van der Waals surface area contributed by atoms with Gasteiger partial charge in [-0.05, 0) is 48.3 Å². The molecular formula is C28H31N5O2. The van der Waals surface area contributed by atoms with Crippen LogP contribution < -0.4 is 11.2 Å². The summed E-state index contributed by atoms with van der Waals surface area (Å²) in [5.74, 6) is 0. The number of rotatable bonds is 3. The Balaban J connectivity index is 0.000000179. The average molecular weight is 470 g/mol. The first kappa shape index (κ1) is 24.2. The minimum absolute atomic E-state index is 0.317. The SMILES string of the molecule is CN(C)CCC=C1c2ccccc2C=Cc2ccccc21.Cn1c(=O)c2c(ncn2C)n(C)c1=O. The number of imidazole rings is 1. The third-order valence-electron chi connectivity index (χ3n) is 6.19. The maximum absolute atomic E-state index is 11.7. The third kappa shape index (κ3) is 4.81. The number of hydrogen-bond donors (Lipinski definition) is 0. The first-order valence-corrected chi connectivity index (χ1v) is 11.6. The van der Waals surface area contributed by atoms with Crippen molar-refractivity contribution in [3.05, 3.63) is 104 Å². The Hall–Kier alpha value is -3.97. The fourth-order valence-electron chi connectivity index (χ4n) is 4.26. The van der Waals surface area contributed by atoms with Crippen LogP contribution in [0.3, 0.4) is 0 Å². The van der Waals surface area contributed by atoms with E-state index in [0.717, 1.165) is 17.5 Å². The minimum Gasteiger partial charge on any atom is -0.328 e. The van der Waals surface area contributed by atoms with E-state index in [9.17, 15) is 9.59 Å². The Morgan fingerprint density at radius 3 is 2.00 bits per heavy atom. The van der Waals surface area contributed by atoms with Gasteiger partial charge in [0.1, 0.15) is 0 Å². The molecule has 0 aliphatic heterocycles. The summed E-state index contributed by atoms with van der Waals surface area (Å²) in [7, 11) is 9.01. The summed E-state index contributed by atoms with van der Waals surface area (Å²) in [5.41, 5.74) is 6.79. The predicted octanol–water partition coefficient (Wildman–Crippen LogP) is 3.52. The van der Waals surface area contributed by atoms with Crippen LogP contribution in [0.1, 0.15) is 28.7 Å². The molecule has 0 unspecified atom stereocenters. The van der Waals surface area contributed by atoms with Gasteiger partial charge in [-0.2, -0.15) is 0 Å². The summed E-state index contributed by atoms with van der Waals surface area (Å²) in [4.78, 5) is 29.4. The van der Waals surface area contributed by atoms with E-state index >= 15 is 0 Å². The normalized spacial score (nSPS) is 12.1. The maximum Gasteiger partial charge on any atom is 0.332 e. The van der Waals surface area contributed by atoms with Gasteiger partial charge in [-0.25, -0.2) is 9.78 Å². The standard InChI is InChI=1S/C20H21N.C8H10N4O2/c1-21(2)15-7-12-20-18-10-5-3-8-16(18)13-14-17-9-4-6-11-19(17)20;1-10-4-9-6-5(10)7(13)12(3)8(14)11(6)2/h3-6,8-14H,7,15H2,1-2H3;4H,1-3H3. The summed E-state index contributed by atoms with van der Waals surface area (Å²) in [6, 6.07) is 17.3. The molecule has 0 saturated carbocycles. The molecule has 7 nitrogen and oxygen atoms in total. The number of aromatic nitrogens is 4. The van der Waals surface area contributed by atoms with Crippen LogP contribution in [0.5, 0.6) is 0 Å². The lowest BCUT2D eigenvalue weighted by molar-refractivity contribution is 0.417. The largest absolute Gasteiger partial charge is 0.332 e. The second kappa shape index (κ2) is 10.1. The van der Waals surface area contributed by atoms with Crippen LogP contribution in [0.4, 0.5) is 0 Å². The Bertz CT molecular complexity index is 1500. The molecule has 2 aromatic carbocycles. The lowest BCUT2D eigenvalue weighted by Gasteiger charge is -2.13. The quantitative estimate of drug-likeness (QED) is 0.406. The molecule has 180 valence electrons. The number of benzene rings is 2. The van der Waals surface area contributed by atoms with E-state index < -0.39 is 0 Å². The molecule has 0 amide bonds. The Kier molecular flexibility index (Phi) is 6.98. The highest BCUT2D eigenvalue weighted by Crippen LogP contribution is 2.33. The van der Waals surface area contributed by atoms with Crippen molar-refractivity contribution in [2.24, 2.45) is 21.1 Å². The van der Waals surface area contributed by atoms with Crippen LogP contribution in [0.2, 0.25) is 0 Å². The molecule has 1 aliphatic rings. The summed E-state index contributed by atoms with van der Waals surface area (Å²) in [6.45, 7) is 1.07. The predicted molar refractivity (Wildman–Crippen MR) is 143 cm³/mol. The molecule has 2 heterocycles. The molecule has 0 N–H and O–H groups in total. The van der Waals surface area contributed by atoms with Crippen molar-refractivity contribution >= 4 is 28.9 Å². The molecule has 2 aromatic heterocycles. The van der Waals surface area contributed by atoms with Gasteiger partial charge >= 0.3 is 5.69 Å². The molecule has 5 rings (SSSR count). The highest BCUT2D eigenvalue weighted by molar-refractivity contribution is 5.93. The van der Waals surface area contributed by atoms with Gasteiger partial charge in [0.2, 0.25) is 0 Å². The van der Waals surface area contributed by atoms with Crippen LogP contribution >= 0.6 is 0 Å². The van der Waals surface area contributed by atoms with Crippen LogP contribution in [0.15, 0.2) is 70.5 Å². The molecule has 1 aliphatic carbocycles. The summed E-state index contributed by atoms with van der Waals surface area (Å²) < 4.78 is 4.04. The zero-order chi connectivity index (χ0) is 25.1. The fraction of sp³-hybridized carbons (Fsp3) is 0.250. The molecule has 0 radical (unpaired) electrons. The second-order valence-corrected chi connectivity index (χ2v) is 8.95. The molecule has 0 atom stereocenters. The third-order valence-corrected chi connectivity index (χ3v) is 6.19. The van der Waals surface area contributed by atoms with Gasteiger partial charge < -0.3 is 9.47 Å². The van der Waals surface area contributed by atoms with E-state index in [0.29, 0.717) is 11.2 Å². The second-order valence-electron chi connectivity index (χ2n) is 8.95. The fourth-order valence-corrected chi connectivity index (χ4v) is 4.26. The van der Waals surface area contributed by atoms with E-state index in [1.807, 2.05) is 0 Å². The van der Waals surface area contributed by atoms with Crippen molar-refractivity contribution in [1.29, 1.82) is 0 Å². The highest BCUT2D eigenvalue weighted by Gasteiger charge is 2.14. The zero-order valence-electron chi connectivity index (χ0n) is 20.9. The Morgan fingerprint density at radius 2 is 1.43 bits per heavy atom. The van der Waals surface area contributed by atoms with Gasteiger partial charge in [0, 0.05) is 27.7 Å². The van der Waals surface area contributed by atoms with Crippen molar-refractivity contribution in [1.82, 2.24) is 23.6 Å². The molecule has 0 fully saturated rings. The van der Waals surface area contributed by atoms with Crippen LogP contribution in [-0.2, 0) is 21.1 Å². The van der Waals surface area contributed by atoms with E-state index in [1.54, 1.807) is 18.7 Å². The lowest BCUT2D eigenvalue weighted by Crippen LogP contribution is -2.37. The van der Waals surface area contributed by atoms with E-state index in [2.05, 4.69) is 90.7 Å². The van der Waals surface area contributed by atoms with Crippen molar-refractivity contribution in [3.8, 4) is 0 Å². The van der Waals surface area contributed by atoms with Crippen molar-refractivity contribution in [2.75, 3.05) is 20.6 Å². The monoisotopic (exact) mass is 469 g/mol. The number of fused-ring (bicyclic) bond motifs is 3. The molecule has 4 aromatic rings. The molecule has 0 spiro atoms. The van der Waals surface area contributed by atoms with Crippen molar-refractivity contribution < 1.29 is 0 Å². The Labute approximate surface area is 204 Å². The molecule has 0 saturated heterocycles. The van der Waals surface area contributed by atoms with Gasteiger partial charge in [-0.1, -0.05) is 66.8 Å². The summed E-state index contributed by atoms with van der Waals surface area (Å²) in [5, 5.41) is 0. The molecule has 35 heavy (non-hydrogen) atoms. The summed E-state index contributed by atoms with van der Waals surface area (Å²) in [6.07, 6.45) is 9.41. The topological polar surface area (TPSA) is 65.1 Å². The van der Waals surface area contributed by atoms with Crippen molar-refractivity contribution in [2.45, 2.75) is 6.42 Å². The van der Waals surface area contributed by atoms with Gasteiger partial charge in [-0.3, -0.25) is 13.9 Å². The van der Waals surface area contributed by atoms with Gasteiger partial charge in [0.05, 0.1) is 6.33 Å². The smallest absolute Gasteiger partial charge is 0.328 e. The lowest BCUT2D eigenvalue weighted by atomic mass is 9.93. The number of nitrogens with zero attached hydrogens (tertiary/aromatic N) is 5. The van der Waals surface area contributed by atoms with Gasteiger partial charge in [-0.15, -0.1) is 0 Å². The van der Waals surface area contributed by atoms with Gasteiger partial charge in [0.15, 0.2) is 11.2 Å². The van der Waals surface area contributed by atoms with Crippen LogP contribution in [-0.4, -0.2) is 44.2 Å².